The lowest BCUT2D eigenvalue weighted by Gasteiger charge is -2.17. The minimum atomic E-state index is -0.779. The van der Waals surface area contributed by atoms with Crippen molar-refractivity contribution >= 4 is 17.7 Å². The van der Waals surface area contributed by atoms with Gasteiger partial charge in [-0.05, 0) is 30.4 Å². The average Bonchev–Trinajstić information content (AvgIpc) is 3.67. The van der Waals surface area contributed by atoms with E-state index < -0.39 is 18.2 Å². The van der Waals surface area contributed by atoms with Crippen molar-refractivity contribution in [2.24, 2.45) is 5.92 Å². The summed E-state index contributed by atoms with van der Waals surface area (Å²) in [5.74, 6) is -0.126. The Morgan fingerprint density at radius 2 is 1.86 bits per heavy atom. The summed E-state index contributed by atoms with van der Waals surface area (Å²) >= 11 is 0. The maximum absolute atomic E-state index is 12.5. The van der Waals surface area contributed by atoms with Crippen molar-refractivity contribution in [1.29, 1.82) is 0 Å². The molecular formula is C27H30N4O4. The van der Waals surface area contributed by atoms with Crippen LogP contribution < -0.4 is 10.6 Å². The van der Waals surface area contributed by atoms with E-state index in [0.717, 1.165) is 23.1 Å². The second kappa shape index (κ2) is 11.6. The Kier molecular flexibility index (Phi) is 8.05. The smallest absolute Gasteiger partial charge is 0.412 e. The highest BCUT2D eigenvalue weighted by Crippen LogP contribution is 2.34. The van der Waals surface area contributed by atoms with Gasteiger partial charge in [-0.1, -0.05) is 67.4 Å². The number of aromatic nitrogens is 2. The number of hydrogen-bond acceptors (Lipinski definition) is 6. The number of nitrogens with one attached hydrogen (secondary N) is 2. The summed E-state index contributed by atoms with van der Waals surface area (Å²) in [7, 11) is 0. The van der Waals surface area contributed by atoms with E-state index in [0.29, 0.717) is 23.8 Å². The zero-order chi connectivity index (χ0) is 24.6. The van der Waals surface area contributed by atoms with Crippen molar-refractivity contribution < 1.29 is 19.4 Å². The van der Waals surface area contributed by atoms with Gasteiger partial charge in [0.1, 0.15) is 12.4 Å². The highest BCUT2D eigenvalue weighted by atomic mass is 16.6. The van der Waals surface area contributed by atoms with Crippen molar-refractivity contribution in [2.45, 2.75) is 51.3 Å². The molecule has 1 aromatic heterocycles. The molecule has 0 radical (unpaired) electrons. The Hall–Kier alpha value is -3.78. The molecule has 1 fully saturated rings. The van der Waals surface area contributed by atoms with Gasteiger partial charge in [0.05, 0.1) is 24.0 Å². The zero-order valence-electron chi connectivity index (χ0n) is 19.7. The molecule has 1 heterocycles. The molecule has 2 unspecified atom stereocenters. The molecule has 1 aliphatic carbocycles. The third-order valence-corrected chi connectivity index (χ3v) is 6.06. The molecule has 1 aliphatic rings. The molecule has 3 aromatic rings. The first kappa shape index (κ1) is 24.3. The van der Waals surface area contributed by atoms with Gasteiger partial charge in [0.25, 0.3) is 0 Å². The largest absolute Gasteiger partial charge is 0.481 e. The fourth-order valence-corrected chi connectivity index (χ4v) is 3.99. The van der Waals surface area contributed by atoms with E-state index in [9.17, 15) is 14.7 Å². The van der Waals surface area contributed by atoms with Crippen molar-refractivity contribution in [3.8, 4) is 11.3 Å². The fourth-order valence-electron chi connectivity index (χ4n) is 3.99. The number of carbonyl (C=O) groups is 2. The Bertz CT molecular complexity index is 1130. The van der Waals surface area contributed by atoms with Crippen LogP contribution in [0.3, 0.4) is 0 Å². The van der Waals surface area contributed by atoms with E-state index in [-0.39, 0.29) is 12.5 Å². The van der Waals surface area contributed by atoms with Crippen LogP contribution in [0.5, 0.6) is 0 Å². The molecule has 0 saturated heterocycles. The second-order valence-electron chi connectivity index (χ2n) is 8.92. The maximum atomic E-state index is 12.5. The summed E-state index contributed by atoms with van der Waals surface area (Å²) in [6, 6.07) is 17.3. The number of aliphatic carboxylic acids is 1. The van der Waals surface area contributed by atoms with Crippen LogP contribution in [0.25, 0.3) is 11.3 Å². The third kappa shape index (κ3) is 7.35. The number of ether oxygens (including phenoxy) is 1. The standard InChI is InChI=1S/C27H30N4O4/c1-18(21-5-3-2-4-6-21)35-27(34)31-24-16-28-17-30-26(24)22-11-9-20(10-12-22)15-29-23(14-25(32)33)13-19-7-8-19/h2-6,9-12,16-19,23,29H,7-8,13-15H2,1H3,(H,31,34)(H,32,33). The molecule has 0 aliphatic heterocycles. The van der Waals surface area contributed by atoms with Crippen LogP contribution in [0.15, 0.2) is 67.1 Å². The third-order valence-electron chi connectivity index (χ3n) is 6.06. The van der Waals surface area contributed by atoms with Crippen LogP contribution in [-0.2, 0) is 16.1 Å². The minimum Gasteiger partial charge on any atom is -0.481 e. The lowest BCUT2D eigenvalue weighted by Crippen LogP contribution is -2.31. The Labute approximate surface area is 204 Å². The molecule has 35 heavy (non-hydrogen) atoms. The lowest BCUT2D eigenvalue weighted by atomic mass is 10.0. The lowest BCUT2D eigenvalue weighted by molar-refractivity contribution is -0.137. The Balaban J connectivity index is 1.37. The number of anilines is 1. The van der Waals surface area contributed by atoms with Gasteiger partial charge < -0.3 is 15.2 Å². The van der Waals surface area contributed by atoms with E-state index in [4.69, 9.17) is 4.74 Å². The van der Waals surface area contributed by atoms with Crippen molar-refractivity contribution in [3.05, 3.63) is 78.2 Å². The van der Waals surface area contributed by atoms with Crippen molar-refractivity contribution in [3.63, 3.8) is 0 Å². The average molecular weight is 475 g/mol. The quantitative estimate of drug-likeness (QED) is 0.351. The van der Waals surface area contributed by atoms with Crippen LogP contribution in [0, 0.1) is 5.92 Å². The summed E-state index contributed by atoms with van der Waals surface area (Å²) in [6.45, 7) is 2.40. The van der Waals surface area contributed by atoms with E-state index in [1.165, 1.54) is 19.2 Å². The van der Waals surface area contributed by atoms with Gasteiger partial charge in [-0.3, -0.25) is 10.1 Å². The maximum Gasteiger partial charge on any atom is 0.412 e. The van der Waals surface area contributed by atoms with Gasteiger partial charge in [0, 0.05) is 18.2 Å². The van der Waals surface area contributed by atoms with Crippen LogP contribution in [0.2, 0.25) is 0 Å². The first-order chi connectivity index (χ1) is 17.0. The molecule has 4 rings (SSSR count). The first-order valence-electron chi connectivity index (χ1n) is 11.8. The number of amides is 1. The van der Waals surface area contributed by atoms with Crippen LogP contribution >= 0.6 is 0 Å². The van der Waals surface area contributed by atoms with Crippen LogP contribution in [-0.4, -0.2) is 33.2 Å². The van der Waals surface area contributed by atoms with Crippen molar-refractivity contribution in [1.82, 2.24) is 15.3 Å². The number of carboxylic acid groups (broad SMARTS) is 1. The summed E-state index contributed by atoms with van der Waals surface area (Å²) in [5, 5.41) is 15.3. The van der Waals surface area contributed by atoms with Gasteiger partial charge in [-0.2, -0.15) is 0 Å². The van der Waals surface area contributed by atoms with Gasteiger partial charge in [0.2, 0.25) is 0 Å². The highest BCUT2D eigenvalue weighted by Gasteiger charge is 2.26. The highest BCUT2D eigenvalue weighted by molar-refractivity contribution is 5.89. The number of carbonyl (C=O) groups excluding carboxylic acids is 1. The van der Waals surface area contributed by atoms with Gasteiger partial charge >= 0.3 is 12.1 Å². The molecule has 1 saturated carbocycles. The molecule has 2 aromatic carbocycles. The predicted octanol–water partition coefficient (Wildman–Crippen LogP) is 5.19. The van der Waals surface area contributed by atoms with E-state index in [1.807, 2.05) is 61.5 Å². The van der Waals surface area contributed by atoms with Crippen LogP contribution in [0.1, 0.15) is 49.8 Å². The molecule has 3 N–H and O–H groups in total. The monoisotopic (exact) mass is 474 g/mol. The molecule has 8 heteroatoms. The predicted molar refractivity (Wildman–Crippen MR) is 133 cm³/mol. The summed E-state index contributed by atoms with van der Waals surface area (Å²) in [4.78, 5) is 32.1. The first-order valence-corrected chi connectivity index (χ1v) is 11.8. The molecule has 2 atom stereocenters. The van der Waals surface area contributed by atoms with E-state index in [2.05, 4.69) is 20.6 Å². The van der Waals surface area contributed by atoms with Gasteiger partial charge in [-0.25, -0.2) is 14.8 Å². The van der Waals surface area contributed by atoms with E-state index in [1.54, 1.807) is 6.20 Å². The summed E-state index contributed by atoms with van der Waals surface area (Å²) in [5.41, 5.74) is 3.80. The molecule has 8 nitrogen and oxygen atoms in total. The molecule has 0 spiro atoms. The Morgan fingerprint density at radius 3 is 2.54 bits per heavy atom. The molecular weight excluding hydrogens is 444 g/mol. The minimum absolute atomic E-state index is 0.0263. The van der Waals surface area contributed by atoms with E-state index >= 15 is 0 Å². The summed E-state index contributed by atoms with van der Waals surface area (Å²) in [6.07, 6.45) is 5.41. The number of hydrogen-bond donors (Lipinski definition) is 3. The van der Waals surface area contributed by atoms with Crippen LogP contribution in [0.4, 0.5) is 10.5 Å². The molecule has 182 valence electrons. The topological polar surface area (TPSA) is 113 Å². The fraction of sp³-hybridized carbons (Fsp3) is 0.333. The number of rotatable bonds is 11. The number of nitrogens with zero attached hydrogens (tertiary/aromatic N) is 2. The van der Waals surface area contributed by atoms with Gasteiger partial charge in [0.15, 0.2) is 0 Å². The van der Waals surface area contributed by atoms with Crippen molar-refractivity contribution in [2.75, 3.05) is 5.32 Å². The Morgan fingerprint density at radius 1 is 1.11 bits per heavy atom. The SMILES string of the molecule is CC(OC(=O)Nc1cncnc1-c1ccc(CNC(CC(=O)O)CC2CC2)cc1)c1ccccc1. The number of carboxylic acids is 1. The number of benzene rings is 2. The zero-order valence-corrected chi connectivity index (χ0v) is 19.7. The normalized spacial score (nSPS) is 14.7. The molecule has 1 amide bonds. The second-order valence-corrected chi connectivity index (χ2v) is 8.92. The van der Waals surface area contributed by atoms with Gasteiger partial charge in [-0.15, -0.1) is 0 Å². The molecule has 0 bridgehead atoms. The summed E-state index contributed by atoms with van der Waals surface area (Å²) < 4.78 is 5.51.